The van der Waals surface area contributed by atoms with Crippen LogP contribution in [0.1, 0.15) is 0 Å². The van der Waals surface area contributed by atoms with E-state index < -0.39 is 0 Å². The fourth-order valence-electron chi connectivity index (χ4n) is 0. The van der Waals surface area contributed by atoms with Crippen molar-refractivity contribution in [3.05, 3.63) is 0 Å². The lowest BCUT2D eigenvalue weighted by atomic mass is 10.9. The quantitative estimate of drug-likeness (QED) is 0.436. The summed E-state index contributed by atoms with van der Waals surface area (Å²) in [6.07, 6.45) is 0. The van der Waals surface area contributed by atoms with Gasteiger partial charge in [0, 0.05) is 5.75 Å². The van der Waals surface area contributed by atoms with Crippen molar-refractivity contribution >= 4 is 12.6 Å². The molecule has 0 aromatic rings. The van der Waals surface area contributed by atoms with Gasteiger partial charge in [-0.1, -0.05) is 0 Å². The Labute approximate surface area is 31.1 Å². The van der Waals surface area contributed by atoms with Gasteiger partial charge in [-0.2, -0.15) is 12.6 Å². The Morgan fingerprint density at radius 2 is 2.00 bits per heavy atom. The van der Waals surface area contributed by atoms with Gasteiger partial charge < -0.3 is 0 Å². The molecule has 0 saturated carbocycles. The van der Waals surface area contributed by atoms with E-state index in [9.17, 15) is 5.11 Å². The van der Waals surface area contributed by atoms with Crippen LogP contribution in [-0.2, 0) is 5.11 Å². The molecule has 0 heterocycles. The minimum atomic E-state index is -0.0664. The van der Waals surface area contributed by atoms with Gasteiger partial charge >= 0.3 is 0 Å². The maximum Gasteiger partial charge on any atom is 0.0910 e. The van der Waals surface area contributed by atoms with Crippen LogP contribution >= 0.6 is 12.6 Å². The summed E-state index contributed by atoms with van der Waals surface area (Å²) in [7, 11) is 0. The Bertz CT molecular complexity index is 8.00. The molecule has 0 bridgehead atoms. The van der Waals surface area contributed by atoms with Crippen LogP contribution in [-0.4, -0.2) is 12.4 Å². The fourth-order valence-corrected chi connectivity index (χ4v) is 0. The number of hydrogen-bond donors (Lipinski definition) is 1. The first-order chi connectivity index (χ1) is 1.91. The molecule has 0 rings (SSSR count). The van der Waals surface area contributed by atoms with Crippen molar-refractivity contribution in [1.29, 1.82) is 0 Å². The van der Waals surface area contributed by atoms with Gasteiger partial charge in [-0.05, 0) is 0 Å². The first-order valence-electron chi connectivity index (χ1n) is 1.10. The van der Waals surface area contributed by atoms with E-state index in [1.165, 1.54) is 0 Å². The second-order valence-electron chi connectivity index (χ2n) is 0.428. The minimum Gasteiger partial charge on any atom is -0.236 e. The van der Waals surface area contributed by atoms with Crippen LogP contribution in [0.5, 0.6) is 0 Å². The molecule has 0 N–H and O–H groups in total. The summed E-state index contributed by atoms with van der Waals surface area (Å²) in [5, 5.41) is 9.22. The third kappa shape index (κ3) is 2.31. The molecule has 0 saturated heterocycles. The predicted octanol–water partition coefficient (Wildman–Crippen LogP) is 0.347. The molecule has 2 heteroatoms. The number of thiol groups is 1. The van der Waals surface area contributed by atoms with Crippen molar-refractivity contribution in [2.75, 3.05) is 12.4 Å². The molecule has 0 unspecified atom stereocenters. The van der Waals surface area contributed by atoms with Crippen LogP contribution in [0.4, 0.5) is 0 Å². The van der Waals surface area contributed by atoms with Crippen LogP contribution in [0.25, 0.3) is 0 Å². The Morgan fingerprint density at radius 1 is 1.75 bits per heavy atom. The number of rotatable bonds is 1. The van der Waals surface area contributed by atoms with E-state index in [1.807, 2.05) is 0 Å². The van der Waals surface area contributed by atoms with E-state index in [0.717, 1.165) is 0 Å². The Morgan fingerprint density at radius 3 is 2.00 bits per heavy atom. The maximum atomic E-state index is 9.22. The minimum absolute atomic E-state index is 0.0664. The normalized spacial score (nSPS) is 7.50. The highest BCUT2D eigenvalue weighted by Gasteiger charge is 1.61. The van der Waals surface area contributed by atoms with E-state index >= 15 is 0 Å². The van der Waals surface area contributed by atoms with E-state index in [0.29, 0.717) is 5.75 Å². The average molecular weight is 77.1 g/mol. The van der Waals surface area contributed by atoms with Crippen LogP contribution < -0.4 is 0 Å². The van der Waals surface area contributed by atoms with Crippen molar-refractivity contribution in [2.45, 2.75) is 0 Å². The van der Waals surface area contributed by atoms with Gasteiger partial charge in [-0.3, -0.25) is 0 Å². The molecule has 0 aliphatic rings. The smallest absolute Gasteiger partial charge is 0.0910 e. The monoisotopic (exact) mass is 77.0 g/mol. The second-order valence-corrected chi connectivity index (χ2v) is 0.875. The lowest BCUT2D eigenvalue weighted by Gasteiger charge is -1.64. The van der Waals surface area contributed by atoms with E-state index in [-0.39, 0.29) is 6.61 Å². The second kappa shape index (κ2) is 3.31. The van der Waals surface area contributed by atoms with Gasteiger partial charge in [0.05, 0.1) is 6.61 Å². The van der Waals surface area contributed by atoms with Gasteiger partial charge in [-0.25, -0.2) is 5.11 Å². The zero-order chi connectivity index (χ0) is 3.41. The van der Waals surface area contributed by atoms with E-state index in [2.05, 4.69) is 12.6 Å². The summed E-state index contributed by atoms with van der Waals surface area (Å²) >= 11 is 3.61. The van der Waals surface area contributed by atoms with Crippen molar-refractivity contribution < 1.29 is 5.11 Å². The highest BCUT2D eigenvalue weighted by Crippen LogP contribution is 1.62. The molecule has 1 radical (unpaired) electrons. The average Bonchev–Trinajstić information content (AvgIpc) is 1.37. The van der Waals surface area contributed by atoms with Gasteiger partial charge in [0.1, 0.15) is 0 Å². The standard InChI is InChI=1S/C2H5OS/c3-1-2-4/h4H,1-2H2. The molecule has 0 aromatic carbocycles. The topological polar surface area (TPSA) is 19.9 Å². The van der Waals surface area contributed by atoms with Gasteiger partial charge in [-0.15, -0.1) is 0 Å². The van der Waals surface area contributed by atoms with Crippen molar-refractivity contribution in [2.24, 2.45) is 0 Å². The van der Waals surface area contributed by atoms with Crippen LogP contribution in [0.3, 0.4) is 0 Å². The van der Waals surface area contributed by atoms with Crippen molar-refractivity contribution in [3.63, 3.8) is 0 Å². The fraction of sp³-hybridized carbons (Fsp3) is 1.00. The lowest BCUT2D eigenvalue weighted by molar-refractivity contribution is 0.215. The molecular weight excluding hydrogens is 72.1 g/mol. The van der Waals surface area contributed by atoms with Crippen LogP contribution in [0.2, 0.25) is 0 Å². The Hall–Kier alpha value is 0.310. The van der Waals surface area contributed by atoms with Crippen molar-refractivity contribution in [1.82, 2.24) is 0 Å². The molecule has 0 atom stereocenters. The van der Waals surface area contributed by atoms with E-state index in [4.69, 9.17) is 0 Å². The summed E-state index contributed by atoms with van der Waals surface area (Å²) in [5.74, 6) is 0.458. The zero-order valence-corrected chi connectivity index (χ0v) is 3.16. The molecular formula is C2H5OS. The highest BCUT2D eigenvalue weighted by molar-refractivity contribution is 7.80. The first kappa shape index (κ1) is 4.31. The summed E-state index contributed by atoms with van der Waals surface area (Å²) in [4.78, 5) is 0. The van der Waals surface area contributed by atoms with E-state index in [1.54, 1.807) is 0 Å². The number of hydrogen-bond acceptors (Lipinski definition) is 1. The SMILES string of the molecule is [O]CCS. The van der Waals surface area contributed by atoms with Crippen molar-refractivity contribution in [3.8, 4) is 0 Å². The maximum absolute atomic E-state index is 9.22. The highest BCUT2D eigenvalue weighted by atomic mass is 32.1. The Kier molecular flexibility index (Phi) is 3.57. The summed E-state index contributed by atoms with van der Waals surface area (Å²) in [6.45, 7) is -0.0664. The molecule has 0 fully saturated rings. The molecule has 0 aliphatic heterocycles. The van der Waals surface area contributed by atoms with Gasteiger partial charge in [0.25, 0.3) is 0 Å². The molecule has 0 aromatic heterocycles. The van der Waals surface area contributed by atoms with Crippen LogP contribution in [0, 0.1) is 0 Å². The zero-order valence-electron chi connectivity index (χ0n) is 2.27. The molecule has 1 nitrogen and oxygen atoms in total. The summed E-state index contributed by atoms with van der Waals surface area (Å²) < 4.78 is 0. The first-order valence-corrected chi connectivity index (χ1v) is 1.74. The molecule has 25 valence electrons. The summed E-state index contributed by atoms with van der Waals surface area (Å²) in [6, 6.07) is 0. The molecule has 0 aliphatic carbocycles. The predicted molar refractivity (Wildman–Crippen MR) is 19.4 cm³/mol. The summed E-state index contributed by atoms with van der Waals surface area (Å²) in [5.41, 5.74) is 0. The third-order valence-electron chi connectivity index (χ3n) is 0.0913. The molecule has 4 heavy (non-hydrogen) atoms. The van der Waals surface area contributed by atoms with Gasteiger partial charge in [0.2, 0.25) is 0 Å². The molecule has 0 amide bonds. The molecule has 0 spiro atoms. The lowest BCUT2D eigenvalue weighted by Crippen LogP contribution is -1.73. The van der Waals surface area contributed by atoms with Crippen LogP contribution in [0.15, 0.2) is 0 Å². The Balaban J connectivity index is 1.97. The largest absolute Gasteiger partial charge is 0.236 e. The third-order valence-corrected chi connectivity index (χ3v) is 0.274. The van der Waals surface area contributed by atoms with Gasteiger partial charge in [0.15, 0.2) is 0 Å².